The summed E-state index contributed by atoms with van der Waals surface area (Å²) in [5.41, 5.74) is 4.17. The Balaban J connectivity index is 1.58. The largest absolute Gasteiger partial charge is 0.488 e. The highest BCUT2D eigenvalue weighted by Gasteiger charge is 2.13. The van der Waals surface area contributed by atoms with E-state index in [2.05, 4.69) is 10.3 Å². The Morgan fingerprint density at radius 3 is 2.50 bits per heavy atom. The van der Waals surface area contributed by atoms with Crippen molar-refractivity contribution in [1.82, 2.24) is 4.98 Å². The third kappa shape index (κ3) is 3.86. The number of aromatic nitrogens is 1. The number of nitrogens with one attached hydrogen (secondary N) is 1. The Bertz CT molecular complexity index is 1120. The number of pyridine rings is 1. The van der Waals surface area contributed by atoms with Crippen LogP contribution in [0.15, 0.2) is 84.9 Å². The van der Waals surface area contributed by atoms with Gasteiger partial charge >= 0.3 is 0 Å². The fourth-order valence-corrected chi connectivity index (χ4v) is 3.17. The van der Waals surface area contributed by atoms with Crippen LogP contribution in [0.25, 0.3) is 10.9 Å². The van der Waals surface area contributed by atoms with Crippen LogP contribution in [0.2, 0.25) is 0 Å². The third-order valence-electron chi connectivity index (χ3n) is 4.48. The van der Waals surface area contributed by atoms with E-state index in [1.165, 1.54) is 0 Å². The van der Waals surface area contributed by atoms with Gasteiger partial charge in [-0.2, -0.15) is 0 Å². The highest BCUT2D eigenvalue weighted by atomic mass is 16.5. The van der Waals surface area contributed by atoms with Crippen molar-refractivity contribution < 1.29 is 9.53 Å². The van der Waals surface area contributed by atoms with Gasteiger partial charge in [-0.15, -0.1) is 0 Å². The van der Waals surface area contributed by atoms with Crippen molar-refractivity contribution in [3.05, 3.63) is 102 Å². The molecule has 1 heterocycles. The van der Waals surface area contributed by atoms with Crippen LogP contribution in [0, 0.1) is 6.92 Å². The maximum absolute atomic E-state index is 12.7. The molecule has 0 aliphatic heterocycles. The van der Waals surface area contributed by atoms with E-state index < -0.39 is 0 Å². The zero-order valence-electron chi connectivity index (χ0n) is 15.6. The van der Waals surface area contributed by atoms with Crippen LogP contribution >= 0.6 is 0 Å². The molecule has 0 radical (unpaired) electrons. The smallest absolute Gasteiger partial charge is 0.259 e. The van der Waals surface area contributed by atoms with Crippen molar-refractivity contribution >= 4 is 22.5 Å². The third-order valence-corrected chi connectivity index (χ3v) is 4.48. The average Bonchev–Trinajstić information content (AvgIpc) is 2.73. The molecule has 0 bridgehead atoms. The number of rotatable bonds is 5. The van der Waals surface area contributed by atoms with E-state index >= 15 is 0 Å². The van der Waals surface area contributed by atoms with Gasteiger partial charge in [0.05, 0.1) is 11.1 Å². The standard InChI is InChI=1S/C24H20N2O2/c1-17-15-18(20-11-5-7-13-22(20)25-17)16-28-23-14-8-6-12-21(23)24(27)26-19-9-3-2-4-10-19/h2-15H,16H2,1H3,(H,26,27). The predicted molar refractivity (Wildman–Crippen MR) is 112 cm³/mol. The minimum Gasteiger partial charge on any atom is -0.488 e. The van der Waals surface area contributed by atoms with Gasteiger partial charge in [0.1, 0.15) is 12.4 Å². The zero-order chi connectivity index (χ0) is 19.3. The summed E-state index contributed by atoms with van der Waals surface area (Å²) in [5, 5.41) is 3.96. The minimum atomic E-state index is -0.197. The van der Waals surface area contributed by atoms with Crippen molar-refractivity contribution in [3.8, 4) is 5.75 Å². The van der Waals surface area contributed by atoms with Crippen molar-refractivity contribution in [2.45, 2.75) is 13.5 Å². The van der Waals surface area contributed by atoms with Gasteiger partial charge in [-0.25, -0.2) is 0 Å². The summed E-state index contributed by atoms with van der Waals surface area (Å²) in [5.74, 6) is 0.354. The number of fused-ring (bicyclic) bond motifs is 1. The molecule has 0 saturated carbocycles. The van der Waals surface area contributed by atoms with Gasteiger partial charge in [-0.05, 0) is 43.3 Å². The first-order valence-corrected chi connectivity index (χ1v) is 9.14. The molecule has 28 heavy (non-hydrogen) atoms. The second kappa shape index (κ2) is 7.92. The summed E-state index contributed by atoms with van der Waals surface area (Å²) in [6.07, 6.45) is 0. The van der Waals surface area contributed by atoms with E-state index in [1.807, 2.05) is 85.8 Å². The van der Waals surface area contributed by atoms with Crippen molar-refractivity contribution in [1.29, 1.82) is 0 Å². The number of para-hydroxylation sites is 3. The van der Waals surface area contributed by atoms with Crippen LogP contribution in [0.4, 0.5) is 5.69 Å². The second-order valence-electron chi connectivity index (χ2n) is 6.54. The molecule has 4 nitrogen and oxygen atoms in total. The monoisotopic (exact) mass is 368 g/mol. The Hall–Kier alpha value is -3.66. The molecule has 0 atom stereocenters. The first-order chi connectivity index (χ1) is 13.7. The lowest BCUT2D eigenvalue weighted by molar-refractivity contribution is 0.102. The molecule has 0 unspecified atom stereocenters. The van der Waals surface area contributed by atoms with Crippen molar-refractivity contribution in [2.24, 2.45) is 0 Å². The molecule has 3 aromatic carbocycles. The van der Waals surface area contributed by atoms with E-state index in [1.54, 1.807) is 6.07 Å². The van der Waals surface area contributed by atoms with Gasteiger partial charge < -0.3 is 10.1 Å². The molecule has 1 aromatic heterocycles. The molecule has 0 saturated heterocycles. The first kappa shape index (κ1) is 17.7. The summed E-state index contributed by atoms with van der Waals surface area (Å²) in [7, 11) is 0. The molecule has 0 spiro atoms. The number of anilines is 1. The lowest BCUT2D eigenvalue weighted by atomic mass is 10.1. The van der Waals surface area contributed by atoms with E-state index in [4.69, 9.17) is 4.74 Å². The molecular formula is C24H20N2O2. The fraction of sp³-hybridized carbons (Fsp3) is 0.0833. The van der Waals surface area contributed by atoms with Crippen LogP contribution in [-0.2, 0) is 6.61 Å². The Kier molecular flexibility index (Phi) is 5.02. The van der Waals surface area contributed by atoms with Gasteiger partial charge in [0.2, 0.25) is 0 Å². The number of amides is 1. The number of hydrogen-bond donors (Lipinski definition) is 1. The average molecular weight is 368 g/mol. The predicted octanol–water partition coefficient (Wildman–Crippen LogP) is 5.37. The molecule has 0 fully saturated rings. The number of ether oxygens (including phenoxy) is 1. The Labute approximate surface area is 163 Å². The lowest BCUT2D eigenvalue weighted by Crippen LogP contribution is -2.13. The van der Waals surface area contributed by atoms with Crippen LogP contribution in [0.1, 0.15) is 21.6 Å². The molecule has 1 amide bonds. The summed E-state index contributed by atoms with van der Waals surface area (Å²) in [6.45, 7) is 2.33. The molecular weight excluding hydrogens is 348 g/mol. The second-order valence-corrected chi connectivity index (χ2v) is 6.54. The summed E-state index contributed by atoms with van der Waals surface area (Å²) in [6, 6.07) is 26.7. The van der Waals surface area contributed by atoms with E-state index in [-0.39, 0.29) is 5.91 Å². The quantitative estimate of drug-likeness (QED) is 0.515. The highest BCUT2D eigenvalue weighted by Crippen LogP contribution is 2.24. The maximum Gasteiger partial charge on any atom is 0.259 e. The first-order valence-electron chi connectivity index (χ1n) is 9.14. The summed E-state index contributed by atoms with van der Waals surface area (Å²) in [4.78, 5) is 17.3. The van der Waals surface area contributed by atoms with Crippen LogP contribution < -0.4 is 10.1 Å². The topological polar surface area (TPSA) is 51.2 Å². The number of aryl methyl sites for hydroxylation is 1. The Morgan fingerprint density at radius 1 is 0.929 bits per heavy atom. The van der Waals surface area contributed by atoms with Gasteiger partial charge in [0.15, 0.2) is 0 Å². The number of carbonyl (C=O) groups is 1. The molecule has 4 heteroatoms. The van der Waals surface area contributed by atoms with Gasteiger partial charge in [-0.1, -0.05) is 48.5 Å². The summed E-state index contributed by atoms with van der Waals surface area (Å²) >= 11 is 0. The highest BCUT2D eigenvalue weighted by molar-refractivity contribution is 6.06. The molecule has 0 aliphatic carbocycles. The minimum absolute atomic E-state index is 0.197. The molecule has 0 aliphatic rings. The van der Waals surface area contributed by atoms with E-state index in [9.17, 15) is 4.79 Å². The van der Waals surface area contributed by atoms with Crippen molar-refractivity contribution in [2.75, 3.05) is 5.32 Å². The van der Waals surface area contributed by atoms with Gasteiger partial charge in [0, 0.05) is 22.3 Å². The molecule has 4 aromatic rings. The number of benzene rings is 3. The van der Waals surface area contributed by atoms with Crippen LogP contribution in [0.3, 0.4) is 0 Å². The number of hydrogen-bond acceptors (Lipinski definition) is 3. The number of carbonyl (C=O) groups excluding carboxylic acids is 1. The zero-order valence-corrected chi connectivity index (χ0v) is 15.6. The van der Waals surface area contributed by atoms with E-state index in [0.717, 1.165) is 27.8 Å². The normalized spacial score (nSPS) is 10.6. The Morgan fingerprint density at radius 2 is 1.64 bits per heavy atom. The lowest BCUT2D eigenvalue weighted by Gasteiger charge is -2.13. The maximum atomic E-state index is 12.7. The van der Waals surface area contributed by atoms with Crippen LogP contribution in [-0.4, -0.2) is 10.9 Å². The van der Waals surface area contributed by atoms with Crippen LogP contribution in [0.5, 0.6) is 5.75 Å². The number of nitrogens with zero attached hydrogens (tertiary/aromatic N) is 1. The van der Waals surface area contributed by atoms with Gasteiger partial charge in [-0.3, -0.25) is 9.78 Å². The summed E-state index contributed by atoms with van der Waals surface area (Å²) < 4.78 is 6.06. The molecule has 1 N–H and O–H groups in total. The van der Waals surface area contributed by atoms with Crippen molar-refractivity contribution in [3.63, 3.8) is 0 Å². The fourth-order valence-electron chi connectivity index (χ4n) is 3.17. The van der Waals surface area contributed by atoms with Gasteiger partial charge in [0.25, 0.3) is 5.91 Å². The molecule has 4 rings (SSSR count). The molecule has 138 valence electrons. The van der Waals surface area contributed by atoms with E-state index in [0.29, 0.717) is 17.9 Å². The SMILES string of the molecule is Cc1cc(COc2ccccc2C(=O)Nc2ccccc2)c2ccccc2n1.